The van der Waals surface area contributed by atoms with Crippen molar-refractivity contribution in [1.29, 1.82) is 0 Å². The van der Waals surface area contributed by atoms with E-state index >= 15 is 0 Å². The lowest BCUT2D eigenvalue weighted by Crippen LogP contribution is -2.05. The zero-order valence-corrected chi connectivity index (χ0v) is 18.2. The average molecular weight is 430 g/mol. The van der Waals surface area contributed by atoms with Crippen LogP contribution < -0.4 is 4.74 Å². The summed E-state index contributed by atoms with van der Waals surface area (Å²) in [6.07, 6.45) is 3.65. The van der Waals surface area contributed by atoms with Crippen LogP contribution in [0.4, 0.5) is 0 Å². The van der Waals surface area contributed by atoms with Gasteiger partial charge in [0.2, 0.25) is 0 Å². The van der Waals surface area contributed by atoms with E-state index in [2.05, 4.69) is 0 Å². The number of carbonyl (C=O) groups is 2. The molecule has 0 atom stereocenters. The normalized spacial score (nSPS) is 10.8. The summed E-state index contributed by atoms with van der Waals surface area (Å²) in [5, 5.41) is 39.1. The largest absolute Gasteiger partial charge is 0.507 e. The number of Topliss-reactive ketones (excluding diaryl/α,β-unsaturated/α-hetero) is 1. The molecule has 0 amide bonds. The Morgan fingerprint density at radius 1 is 0.935 bits per heavy atom. The molecule has 0 saturated heterocycles. The van der Waals surface area contributed by atoms with Crippen LogP contribution in [0.3, 0.4) is 0 Å². The molecular weight excluding hydrogens is 400 g/mol. The van der Waals surface area contributed by atoms with E-state index < -0.39 is 5.97 Å². The first-order valence-corrected chi connectivity index (χ1v) is 10.4. The molecule has 0 aromatic heterocycles. The van der Waals surface area contributed by atoms with Crippen molar-refractivity contribution in [3.63, 3.8) is 0 Å². The zero-order valence-electron chi connectivity index (χ0n) is 18.2. The predicted molar refractivity (Wildman–Crippen MR) is 117 cm³/mol. The molecule has 0 aliphatic carbocycles. The van der Waals surface area contributed by atoms with Crippen LogP contribution >= 0.6 is 0 Å². The molecule has 0 aliphatic rings. The molecule has 0 aliphatic heterocycles. The number of aromatic hydroxyl groups is 3. The minimum Gasteiger partial charge on any atom is -0.507 e. The summed E-state index contributed by atoms with van der Waals surface area (Å²) in [6.45, 7) is 5.56. The Kier molecular flexibility index (Phi) is 8.30. The van der Waals surface area contributed by atoms with E-state index in [1.165, 1.54) is 6.07 Å². The van der Waals surface area contributed by atoms with Gasteiger partial charge in [0.25, 0.3) is 0 Å². The molecule has 0 heterocycles. The smallest absolute Gasteiger partial charge is 0.339 e. The van der Waals surface area contributed by atoms with Gasteiger partial charge in [-0.1, -0.05) is 13.3 Å². The van der Waals surface area contributed by atoms with Gasteiger partial charge in [-0.25, -0.2) is 4.79 Å². The van der Waals surface area contributed by atoms with Gasteiger partial charge in [0.15, 0.2) is 17.3 Å². The molecule has 0 spiro atoms. The van der Waals surface area contributed by atoms with Crippen LogP contribution in [-0.4, -0.2) is 38.8 Å². The maximum absolute atomic E-state index is 12.5. The number of phenolic OH excluding ortho intramolecular Hbond substituents is 2. The predicted octanol–water partition coefficient (Wildman–Crippen LogP) is 4.89. The fraction of sp³-hybridized carbons (Fsp3) is 0.417. The third-order valence-corrected chi connectivity index (χ3v) is 5.29. The van der Waals surface area contributed by atoms with E-state index in [1.807, 2.05) is 6.92 Å². The molecule has 31 heavy (non-hydrogen) atoms. The summed E-state index contributed by atoms with van der Waals surface area (Å²) >= 11 is 0. The Balaban J connectivity index is 1.87. The number of aryl methyl sites for hydroxylation is 1. The van der Waals surface area contributed by atoms with Crippen LogP contribution in [0.2, 0.25) is 0 Å². The minimum atomic E-state index is -1.18. The highest BCUT2D eigenvalue weighted by atomic mass is 16.5. The topological polar surface area (TPSA) is 124 Å². The van der Waals surface area contributed by atoms with Crippen molar-refractivity contribution >= 4 is 11.8 Å². The first-order valence-electron chi connectivity index (χ1n) is 10.4. The van der Waals surface area contributed by atoms with E-state index in [4.69, 9.17) is 9.84 Å². The first-order chi connectivity index (χ1) is 14.7. The molecule has 7 heteroatoms. The summed E-state index contributed by atoms with van der Waals surface area (Å²) in [6, 6.07) is 4.50. The second kappa shape index (κ2) is 10.7. The van der Waals surface area contributed by atoms with Gasteiger partial charge in [0.05, 0.1) is 6.61 Å². The van der Waals surface area contributed by atoms with Crippen LogP contribution in [0.15, 0.2) is 18.2 Å². The van der Waals surface area contributed by atoms with Crippen LogP contribution in [0.25, 0.3) is 0 Å². The number of hydrogen-bond acceptors (Lipinski definition) is 6. The zero-order chi connectivity index (χ0) is 23.1. The van der Waals surface area contributed by atoms with Crippen molar-refractivity contribution in [2.24, 2.45) is 0 Å². The van der Waals surface area contributed by atoms with Crippen LogP contribution in [0.1, 0.15) is 76.4 Å². The molecule has 2 aromatic rings. The van der Waals surface area contributed by atoms with Crippen LogP contribution in [0, 0.1) is 13.8 Å². The van der Waals surface area contributed by atoms with Crippen molar-refractivity contribution in [2.75, 3.05) is 6.61 Å². The van der Waals surface area contributed by atoms with Gasteiger partial charge < -0.3 is 25.2 Å². The van der Waals surface area contributed by atoms with Gasteiger partial charge in [0, 0.05) is 23.1 Å². The van der Waals surface area contributed by atoms with Gasteiger partial charge in [0.1, 0.15) is 17.1 Å². The SMILES string of the molecule is CCCc1c(OCCCCCC(=O)c2cc(C)c(O)c(O)c2C)ccc(C(=O)O)c1O. The number of carbonyl (C=O) groups excluding carboxylic acids is 1. The summed E-state index contributed by atoms with van der Waals surface area (Å²) in [5.41, 5.74) is 1.61. The second-order valence-electron chi connectivity index (χ2n) is 7.64. The van der Waals surface area contributed by atoms with Crippen molar-refractivity contribution < 1.29 is 34.8 Å². The number of phenols is 3. The fourth-order valence-corrected chi connectivity index (χ4v) is 3.47. The Hall–Kier alpha value is -3.22. The number of benzene rings is 2. The maximum atomic E-state index is 12.5. The van der Waals surface area contributed by atoms with Gasteiger partial charge >= 0.3 is 5.97 Å². The van der Waals surface area contributed by atoms with E-state index in [1.54, 1.807) is 26.0 Å². The Morgan fingerprint density at radius 2 is 1.65 bits per heavy atom. The van der Waals surface area contributed by atoms with Crippen molar-refractivity contribution in [3.8, 4) is 23.0 Å². The van der Waals surface area contributed by atoms with Crippen LogP contribution in [0.5, 0.6) is 23.0 Å². The maximum Gasteiger partial charge on any atom is 0.339 e. The highest BCUT2D eigenvalue weighted by Crippen LogP contribution is 2.35. The standard InChI is InChI=1S/C24H30O7/c1-4-8-16-20(11-10-17(23(16)28)24(29)30)31-12-7-5-6-9-19(25)18-13-14(2)21(26)22(27)15(18)3/h10-11,13,26-28H,4-9,12H2,1-3H3,(H,29,30). The Bertz CT molecular complexity index is 963. The number of ether oxygens (including phenoxy) is 1. The molecule has 4 N–H and O–H groups in total. The van der Waals surface area contributed by atoms with E-state index in [-0.39, 0.29) is 28.6 Å². The molecule has 2 aromatic carbocycles. The lowest BCUT2D eigenvalue weighted by Gasteiger charge is -2.14. The van der Waals surface area contributed by atoms with Gasteiger partial charge in [-0.05, 0) is 63.3 Å². The number of ketones is 1. The second-order valence-corrected chi connectivity index (χ2v) is 7.64. The molecule has 2 rings (SSSR count). The number of unbranched alkanes of at least 4 members (excludes halogenated alkanes) is 2. The monoisotopic (exact) mass is 430 g/mol. The molecule has 168 valence electrons. The molecule has 7 nitrogen and oxygen atoms in total. The summed E-state index contributed by atoms with van der Waals surface area (Å²) in [4.78, 5) is 23.7. The van der Waals surface area contributed by atoms with Crippen molar-refractivity contribution in [3.05, 3.63) is 46.0 Å². The number of hydrogen-bond donors (Lipinski definition) is 4. The molecule has 0 unspecified atom stereocenters. The number of carboxylic acid groups (broad SMARTS) is 1. The van der Waals surface area contributed by atoms with Crippen LogP contribution in [-0.2, 0) is 6.42 Å². The summed E-state index contributed by atoms with van der Waals surface area (Å²) in [5.74, 6) is -1.49. The Labute approximate surface area is 181 Å². The molecular formula is C24H30O7. The molecule has 0 fully saturated rings. The lowest BCUT2D eigenvalue weighted by molar-refractivity contribution is 0.0693. The number of rotatable bonds is 11. The van der Waals surface area contributed by atoms with E-state index in [9.17, 15) is 24.9 Å². The third-order valence-electron chi connectivity index (χ3n) is 5.29. The number of carboxylic acids is 1. The Morgan fingerprint density at radius 3 is 2.29 bits per heavy atom. The van der Waals surface area contributed by atoms with Crippen molar-refractivity contribution in [2.45, 2.75) is 59.3 Å². The highest BCUT2D eigenvalue weighted by Gasteiger charge is 2.18. The minimum absolute atomic E-state index is 0.0868. The summed E-state index contributed by atoms with van der Waals surface area (Å²) < 4.78 is 5.76. The van der Waals surface area contributed by atoms with E-state index in [0.29, 0.717) is 60.3 Å². The van der Waals surface area contributed by atoms with Crippen molar-refractivity contribution in [1.82, 2.24) is 0 Å². The quantitative estimate of drug-likeness (QED) is 0.227. The molecule has 0 radical (unpaired) electrons. The fourth-order valence-electron chi connectivity index (χ4n) is 3.47. The molecule has 0 saturated carbocycles. The lowest BCUT2D eigenvalue weighted by atomic mass is 9.97. The van der Waals surface area contributed by atoms with Gasteiger partial charge in [-0.3, -0.25) is 4.79 Å². The molecule has 0 bridgehead atoms. The third kappa shape index (κ3) is 5.69. The van der Waals surface area contributed by atoms with E-state index in [0.717, 1.165) is 12.8 Å². The van der Waals surface area contributed by atoms with Gasteiger partial charge in [-0.15, -0.1) is 0 Å². The first kappa shape index (κ1) is 24.1. The van der Waals surface area contributed by atoms with Gasteiger partial charge in [-0.2, -0.15) is 0 Å². The highest BCUT2D eigenvalue weighted by molar-refractivity contribution is 5.98. The number of aromatic carboxylic acids is 1. The summed E-state index contributed by atoms with van der Waals surface area (Å²) in [7, 11) is 0. The average Bonchev–Trinajstić information content (AvgIpc) is 2.73.